The van der Waals surface area contributed by atoms with Gasteiger partial charge in [-0.05, 0) is 37.4 Å². The monoisotopic (exact) mass is 273 g/mol. The number of pyridine rings is 1. The maximum absolute atomic E-state index is 5.83. The van der Waals surface area contributed by atoms with Crippen molar-refractivity contribution in [1.29, 1.82) is 0 Å². The molecule has 0 aliphatic carbocycles. The van der Waals surface area contributed by atoms with Gasteiger partial charge < -0.3 is 9.73 Å². The van der Waals surface area contributed by atoms with Crippen LogP contribution in [0.15, 0.2) is 40.9 Å². The molecule has 0 saturated heterocycles. The van der Waals surface area contributed by atoms with Crippen LogP contribution in [0.1, 0.15) is 31.1 Å². The Kier molecular flexibility index (Phi) is 5.77. The van der Waals surface area contributed by atoms with E-state index in [-0.39, 0.29) is 0 Å². The Morgan fingerprint density at radius 1 is 1.10 bits per heavy atom. The first-order valence-corrected chi connectivity index (χ1v) is 7.22. The van der Waals surface area contributed by atoms with E-state index in [0.29, 0.717) is 0 Å². The maximum atomic E-state index is 5.83. The zero-order valence-electron chi connectivity index (χ0n) is 12.3. The van der Waals surface area contributed by atoms with Gasteiger partial charge in [0.05, 0.1) is 18.8 Å². The van der Waals surface area contributed by atoms with Crippen LogP contribution >= 0.6 is 0 Å². The van der Waals surface area contributed by atoms with Crippen molar-refractivity contribution in [2.45, 2.75) is 33.5 Å². The third-order valence-electron chi connectivity index (χ3n) is 3.20. The highest BCUT2D eigenvalue weighted by Gasteiger charge is 2.09. The van der Waals surface area contributed by atoms with Gasteiger partial charge >= 0.3 is 0 Å². The van der Waals surface area contributed by atoms with E-state index in [9.17, 15) is 0 Å². The first-order chi connectivity index (χ1) is 9.81. The van der Waals surface area contributed by atoms with E-state index in [4.69, 9.17) is 4.42 Å². The molecule has 4 nitrogen and oxygen atoms in total. The number of aromatic nitrogens is 1. The van der Waals surface area contributed by atoms with Crippen LogP contribution in [0.4, 0.5) is 0 Å². The van der Waals surface area contributed by atoms with Crippen molar-refractivity contribution < 1.29 is 4.42 Å². The smallest absolute Gasteiger partial charge is 0.118 e. The third-order valence-corrected chi connectivity index (χ3v) is 3.20. The fourth-order valence-corrected chi connectivity index (χ4v) is 2.07. The molecule has 2 heterocycles. The van der Waals surface area contributed by atoms with E-state index in [1.165, 1.54) is 0 Å². The molecular formula is C16H23N3O. The standard InChI is InChI=1S/C16H23N3O/c1-3-17-11-15-8-9-16(20-15)13-19(4-2)12-14-7-5-6-10-18-14/h5-10,17H,3-4,11-13H2,1-2H3. The fourth-order valence-electron chi connectivity index (χ4n) is 2.07. The average molecular weight is 273 g/mol. The Bertz CT molecular complexity index is 495. The Hall–Kier alpha value is -1.65. The summed E-state index contributed by atoms with van der Waals surface area (Å²) in [6.45, 7) is 8.64. The molecule has 2 aromatic heterocycles. The van der Waals surface area contributed by atoms with E-state index in [1.54, 1.807) is 0 Å². The van der Waals surface area contributed by atoms with Crippen molar-refractivity contribution >= 4 is 0 Å². The Labute approximate surface area is 120 Å². The van der Waals surface area contributed by atoms with Crippen LogP contribution in [0, 0.1) is 0 Å². The molecule has 0 unspecified atom stereocenters. The Morgan fingerprint density at radius 3 is 2.65 bits per heavy atom. The van der Waals surface area contributed by atoms with Crippen LogP contribution in [0.25, 0.3) is 0 Å². The summed E-state index contributed by atoms with van der Waals surface area (Å²) in [5.41, 5.74) is 1.09. The summed E-state index contributed by atoms with van der Waals surface area (Å²) in [7, 11) is 0. The molecule has 0 bridgehead atoms. The van der Waals surface area contributed by atoms with Gasteiger partial charge in [-0.3, -0.25) is 9.88 Å². The minimum atomic E-state index is 0.795. The summed E-state index contributed by atoms with van der Waals surface area (Å²) in [4.78, 5) is 6.69. The van der Waals surface area contributed by atoms with Crippen molar-refractivity contribution in [3.05, 3.63) is 53.7 Å². The molecule has 4 heteroatoms. The molecule has 0 saturated carbocycles. The lowest BCUT2D eigenvalue weighted by Gasteiger charge is -2.18. The van der Waals surface area contributed by atoms with Gasteiger partial charge in [0.1, 0.15) is 11.5 Å². The van der Waals surface area contributed by atoms with Crippen LogP contribution in [-0.4, -0.2) is 23.0 Å². The molecule has 0 aliphatic rings. The lowest BCUT2D eigenvalue weighted by atomic mass is 10.3. The second-order valence-corrected chi connectivity index (χ2v) is 4.77. The number of hydrogen-bond acceptors (Lipinski definition) is 4. The minimum absolute atomic E-state index is 0.795. The zero-order valence-corrected chi connectivity index (χ0v) is 12.3. The predicted octanol–water partition coefficient (Wildman–Crippen LogP) is 2.81. The van der Waals surface area contributed by atoms with E-state index < -0.39 is 0 Å². The molecule has 0 spiro atoms. The highest BCUT2D eigenvalue weighted by atomic mass is 16.3. The van der Waals surface area contributed by atoms with Gasteiger partial charge in [0.2, 0.25) is 0 Å². The average Bonchev–Trinajstić information content (AvgIpc) is 2.93. The van der Waals surface area contributed by atoms with E-state index in [0.717, 1.165) is 49.9 Å². The molecule has 2 aromatic rings. The van der Waals surface area contributed by atoms with Gasteiger partial charge in [0.15, 0.2) is 0 Å². The summed E-state index contributed by atoms with van der Waals surface area (Å²) in [6, 6.07) is 10.1. The molecule has 108 valence electrons. The van der Waals surface area contributed by atoms with E-state index in [1.807, 2.05) is 24.4 Å². The second-order valence-electron chi connectivity index (χ2n) is 4.77. The van der Waals surface area contributed by atoms with Crippen molar-refractivity contribution in [3.63, 3.8) is 0 Å². The molecule has 0 radical (unpaired) electrons. The summed E-state index contributed by atoms with van der Waals surface area (Å²) >= 11 is 0. The SMILES string of the molecule is CCNCc1ccc(CN(CC)Cc2ccccn2)o1. The molecule has 0 aromatic carbocycles. The van der Waals surface area contributed by atoms with Crippen LogP contribution in [-0.2, 0) is 19.6 Å². The van der Waals surface area contributed by atoms with Gasteiger partial charge in [0.25, 0.3) is 0 Å². The van der Waals surface area contributed by atoms with Gasteiger partial charge in [0, 0.05) is 12.7 Å². The van der Waals surface area contributed by atoms with E-state index >= 15 is 0 Å². The number of nitrogens with one attached hydrogen (secondary N) is 1. The normalized spacial score (nSPS) is 11.2. The molecule has 0 aliphatic heterocycles. The zero-order chi connectivity index (χ0) is 14.2. The predicted molar refractivity (Wildman–Crippen MR) is 80.1 cm³/mol. The van der Waals surface area contributed by atoms with Gasteiger partial charge in [-0.2, -0.15) is 0 Å². The largest absolute Gasteiger partial charge is 0.463 e. The second kappa shape index (κ2) is 7.82. The summed E-state index contributed by atoms with van der Waals surface area (Å²) < 4.78 is 5.83. The lowest BCUT2D eigenvalue weighted by molar-refractivity contribution is 0.242. The Morgan fingerprint density at radius 2 is 1.95 bits per heavy atom. The highest BCUT2D eigenvalue weighted by molar-refractivity contribution is 5.08. The number of nitrogens with zero attached hydrogens (tertiary/aromatic N) is 2. The third kappa shape index (κ3) is 4.47. The summed E-state index contributed by atoms with van der Waals surface area (Å²) in [5, 5.41) is 3.27. The van der Waals surface area contributed by atoms with Crippen LogP contribution in [0.3, 0.4) is 0 Å². The molecule has 0 atom stereocenters. The first kappa shape index (κ1) is 14.8. The number of rotatable bonds is 8. The highest BCUT2D eigenvalue weighted by Crippen LogP contribution is 2.12. The van der Waals surface area contributed by atoms with Crippen molar-refractivity contribution in [2.75, 3.05) is 13.1 Å². The minimum Gasteiger partial charge on any atom is -0.463 e. The lowest BCUT2D eigenvalue weighted by Crippen LogP contribution is -2.22. The molecular weight excluding hydrogens is 250 g/mol. The van der Waals surface area contributed by atoms with E-state index in [2.05, 4.69) is 41.2 Å². The number of hydrogen-bond donors (Lipinski definition) is 1. The molecule has 0 amide bonds. The topological polar surface area (TPSA) is 41.3 Å². The molecule has 20 heavy (non-hydrogen) atoms. The van der Waals surface area contributed by atoms with Crippen LogP contribution in [0.5, 0.6) is 0 Å². The maximum Gasteiger partial charge on any atom is 0.118 e. The fraction of sp³-hybridized carbons (Fsp3) is 0.438. The Balaban J connectivity index is 1.91. The van der Waals surface area contributed by atoms with Crippen LogP contribution in [0.2, 0.25) is 0 Å². The van der Waals surface area contributed by atoms with Crippen molar-refractivity contribution in [3.8, 4) is 0 Å². The quantitative estimate of drug-likeness (QED) is 0.803. The summed E-state index contributed by atoms with van der Waals surface area (Å²) in [5.74, 6) is 2.01. The molecule has 1 N–H and O–H groups in total. The van der Waals surface area contributed by atoms with Crippen molar-refractivity contribution in [1.82, 2.24) is 15.2 Å². The van der Waals surface area contributed by atoms with Crippen LogP contribution < -0.4 is 5.32 Å². The van der Waals surface area contributed by atoms with Crippen molar-refractivity contribution in [2.24, 2.45) is 0 Å². The summed E-state index contributed by atoms with van der Waals surface area (Å²) in [6.07, 6.45) is 1.84. The first-order valence-electron chi connectivity index (χ1n) is 7.22. The van der Waals surface area contributed by atoms with Gasteiger partial charge in [-0.1, -0.05) is 19.9 Å². The molecule has 0 fully saturated rings. The molecule has 2 rings (SSSR count). The van der Waals surface area contributed by atoms with Gasteiger partial charge in [-0.15, -0.1) is 0 Å². The van der Waals surface area contributed by atoms with Gasteiger partial charge in [-0.25, -0.2) is 0 Å². The number of furan rings is 1.